The molecule has 1 heterocycles. The summed E-state index contributed by atoms with van der Waals surface area (Å²) in [5.41, 5.74) is -0.212. The van der Waals surface area contributed by atoms with Gasteiger partial charge in [0.25, 0.3) is 5.56 Å². The van der Waals surface area contributed by atoms with Crippen molar-refractivity contribution in [2.45, 2.75) is 19.9 Å². The first-order valence-electron chi connectivity index (χ1n) is 4.62. The van der Waals surface area contributed by atoms with Crippen molar-refractivity contribution in [3.63, 3.8) is 0 Å². The van der Waals surface area contributed by atoms with Crippen LogP contribution in [-0.2, 0) is 4.74 Å². The van der Waals surface area contributed by atoms with Crippen molar-refractivity contribution in [1.29, 1.82) is 0 Å². The molecule has 5 nitrogen and oxygen atoms in total. The lowest BCUT2D eigenvalue weighted by Crippen LogP contribution is -2.26. The van der Waals surface area contributed by atoms with E-state index in [9.17, 15) is 4.79 Å². The van der Waals surface area contributed by atoms with Gasteiger partial charge in [0.15, 0.2) is 5.82 Å². The van der Waals surface area contributed by atoms with Gasteiger partial charge in [-0.3, -0.25) is 4.79 Å². The third kappa shape index (κ3) is 3.18. The molecule has 1 aromatic heterocycles. The van der Waals surface area contributed by atoms with E-state index in [-0.39, 0.29) is 11.6 Å². The van der Waals surface area contributed by atoms with Crippen LogP contribution in [0.3, 0.4) is 0 Å². The van der Waals surface area contributed by atoms with Crippen molar-refractivity contribution in [3.05, 3.63) is 22.7 Å². The molecule has 1 unspecified atom stereocenters. The molecule has 0 amide bonds. The fourth-order valence-corrected chi connectivity index (χ4v) is 1.02. The summed E-state index contributed by atoms with van der Waals surface area (Å²) in [6.07, 6.45) is 3.04. The molecule has 0 aliphatic rings. The first kappa shape index (κ1) is 10.7. The number of hydrogen-bond acceptors (Lipinski definition) is 4. The number of aromatic nitrogens is 2. The number of nitrogens with one attached hydrogen (secondary N) is 2. The molecule has 0 bridgehead atoms. The summed E-state index contributed by atoms with van der Waals surface area (Å²) in [6.45, 7) is 5.10. The van der Waals surface area contributed by atoms with Gasteiger partial charge in [0.1, 0.15) is 0 Å². The maximum absolute atomic E-state index is 11.2. The van der Waals surface area contributed by atoms with Crippen LogP contribution in [0.2, 0.25) is 0 Å². The van der Waals surface area contributed by atoms with Crippen molar-refractivity contribution >= 4 is 5.82 Å². The average molecular weight is 197 g/mol. The first-order chi connectivity index (χ1) is 6.74. The number of ether oxygens (including phenoxy) is 1. The molecule has 1 atom stereocenters. The van der Waals surface area contributed by atoms with Crippen molar-refractivity contribution in [2.24, 2.45) is 0 Å². The Labute approximate surface area is 82.5 Å². The van der Waals surface area contributed by atoms with Crippen LogP contribution in [0.25, 0.3) is 0 Å². The van der Waals surface area contributed by atoms with Crippen LogP contribution in [-0.4, -0.2) is 29.2 Å². The molecule has 1 aromatic rings. The van der Waals surface area contributed by atoms with Crippen molar-refractivity contribution < 1.29 is 4.74 Å². The minimum atomic E-state index is -0.212. The van der Waals surface area contributed by atoms with Gasteiger partial charge in [-0.25, -0.2) is 4.98 Å². The van der Waals surface area contributed by atoms with E-state index in [1.165, 1.54) is 12.4 Å². The Morgan fingerprint density at radius 3 is 3.14 bits per heavy atom. The highest BCUT2D eigenvalue weighted by molar-refractivity contribution is 5.31. The van der Waals surface area contributed by atoms with Crippen LogP contribution in [0.5, 0.6) is 0 Å². The van der Waals surface area contributed by atoms with Crippen molar-refractivity contribution in [2.75, 3.05) is 18.5 Å². The topological polar surface area (TPSA) is 67.0 Å². The molecule has 0 spiro atoms. The van der Waals surface area contributed by atoms with E-state index in [4.69, 9.17) is 4.74 Å². The number of nitrogens with zero attached hydrogens (tertiary/aromatic N) is 1. The average Bonchev–Trinajstić information content (AvgIpc) is 2.18. The molecule has 14 heavy (non-hydrogen) atoms. The quantitative estimate of drug-likeness (QED) is 0.725. The van der Waals surface area contributed by atoms with Gasteiger partial charge in [-0.1, -0.05) is 0 Å². The smallest absolute Gasteiger partial charge is 0.290 e. The standard InChI is InChI=1S/C9H15N3O2/c1-3-14-6-7(2)12-8-9(13)11-5-4-10-8/h4-5,7H,3,6H2,1-2H3,(H,10,12)(H,11,13). The second-order valence-corrected chi connectivity index (χ2v) is 2.97. The number of aromatic amines is 1. The van der Waals surface area contributed by atoms with Gasteiger partial charge in [0, 0.05) is 25.0 Å². The van der Waals surface area contributed by atoms with Crippen molar-refractivity contribution in [1.82, 2.24) is 9.97 Å². The van der Waals surface area contributed by atoms with Crippen LogP contribution in [0.1, 0.15) is 13.8 Å². The molecule has 0 aliphatic carbocycles. The van der Waals surface area contributed by atoms with E-state index in [0.29, 0.717) is 19.0 Å². The molecular formula is C9H15N3O2. The van der Waals surface area contributed by atoms with E-state index in [1.807, 2.05) is 13.8 Å². The molecule has 2 N–H and O–H groups in total. The summed E-state index contributed by atoms with van der Waals surface area (Å²) in [5.74, 6) is 0.333. The predicted octanol–water partition coefficient (Wildman–Crippen LogP) is 0.607. The van der Waals surface area contributed by atoms with Crippen LogP contribution >= 0.6 is 0 Å². The Hall–Kier alpha value is -1.36. The highest BCUT2D eigenvalue weighted by atomic mass is 16.5. The van der Waals surface area contributed by atoms with Gasteiger partial charge in [0.05, 0.1) is 6.61 Å². The van der Waals surface area contributed by atoms with E-state index in [2.05, 4.69) is 15.3 Å². The van der Waals surface area contributed by atoms with Gasteiger partial charge in [-0.05, 0) is 13.8 Å². The lowest BCUT2D eigenvalue weighted by Gasteiger charge is -2.12. The van der Waals surface area contributed by atoms with Crippen LogP contribution in [0, 0.1) is 0 Å². The fourth-order valence-electron chi connectivity index (χ4n) is 1.02. The van der Waals surface area contributed by atoms with Crippen molar-refractivity contribution in [3.8, 4) is 0 Å². The first-order valence-corrected chi connectivity index (χ1v) is 4.62. The summed E-state index contributed by atoms with van der Waals surface area (Å²) >= 11 is 0. The Bertz CT molecular complexity index is 324. The lowest BCUT2D eigenvalue weighted by molar-refractivity contribution is 0.141. The maximum atomic E-state index is 11.2. The van der Waals surface area contributed by atoms with Crippen LogP contribution < -0.4 is 10.9 Å². The van der Waals surface area contributed by atoms with Gasteiger partial charge in [-0.15, -0.1) is 0 Å². The summed E-state index contributed by atoms with van der Waals surface area (Å²) in [7, 11) is 0. The summed E-state index contributed by atoms with van der Waals surface area (Å²) in [5, 5.41) is 2.97. The van der Waals surface area contributed by atoms with Gasteiger partial charge in [-0.2, -0.15) is 0 Å². The third-order valence-electron chi connectivity index (χ3n) is 1.66. The number of rotatable bonds is 5. The molecule has 0 aromatic carbocycles. The second kappa shape index (κ2) is 5.39. The number of hydrogen-bond donors (Lipinski definition) is 2. The molecule has 0 saturated carbocycles. The molecule has 0 fully saturated rings. The molecule has 0 radical (unpaired) electrons. The van der Waals surface area contributed by atoms with E-state index in [1.54, 1.807) is 0 Å². The Kier molecular flexibility index (Phi) is 4.12. The normalized spacial score (nSPS) is 12.4. The zero-order chi connectivity index (χ0) is 10.4. The molecule has 1 rings (SSSR count). The fraction of sp³-hybridized carbons (Fsp3) is 0.556. The highest BCUT2D eigenvalue weighted by Gasteiger charge is 2.04. The van der Waals surface area contributed by atoms with Gasteiger partial charge >= 0.3 is 0 Å². The summed E-state index contributed by atoms with van der Waals surface area (Å²) in [4.78, 5) is 17.7. The number of H-pyrrole nitrogens is 1. The molecular weight excluding hydrogens is 182 g/mol. The third-order valence-corrected chi connectivity index (χ3v) is 1.66. The molecule has 5 heteroatoms. The van der Waals surface area contributed by atoms with Crippen LogP contribution in [0.4, 0.5) is 5.82 Å². The van der Waals surface area contributed by atoms with Gasteiger partial charge in [0.2, 0.25) is 0 Å². The lowest BCUT2D eigenvalue weighted by atomic mass is 10.3. The predicted molar refractivity (Wildman–Crippen MR) is 54.4 cm³/mol. The van der Waals surface area contributed by atoms with E-state index < -0.39 is 0 Å². The largest absolute Gasteiger partial charge is 0.380 e. The maximum Gasteiger partial charge on any atom is 0.290 e. The SMILES string of the molecule is CCOCC(C)Nc1ncc[nH]c1=O. The highest BCUT2D eigenvalue weighted by Crippen LogP contribution is 1.95. The Morgan fingerprint density at radius 2 is 2.50 bits per heavy atom. The van der Waals surface area contributed by atoms with E-state index in [0.717, 1.165) is 0 Å². The minimum Gasteiger partial charge on any atom is -0.380 e. The van der Waals surface area contributed by atoms with Gasteiger partial charge < -0.3 is 15.0 Å². The Morgan fingerprint density at radius 1 is 1.71 bits per heavy atom. The Balaban J connectivity index is 2.52. The summed E-state index contributed by atoms with van der Waals surface area (Å²) < 4.78 is 5.20. The molecule has 0 aliphatic heterocycles. The zero-order valence-corrected chi connectivity index (χ0v) is 8.41. The number of anilines is 1. The monoisotopic (exact) mass is 197 g/mol. The molecule has 78 valence electrons. The minimum absolute atomic E-state index is 0.0750. The second-order valence-electron chi connectivity index (χ2n) is 2.97. The zero-order valence-electron chi connectivity index (χ0n) is 8.41. The van der Waals surface area contributed by atoms with Crippen LogP contribution in [0.15, 0.2) is 17.2 Å². The molecule has 0 saturated heterocycles. The summed E-state index contributed by atoms with van der Waals surface area (Å²) in [6, 6.07) is 0.0750. The van der Waals surface area contributed by atoms with E-state index >= 15 is 0 Å².